The Kier molecular flexibility index (Phi) is 3.11. The van der Waals surface area contributed by atoms with Crippen LogP contribution in [0, 0.1) is 5.92 Å². The van der Waals surface area contributed by atoms with Gasteiger partial charge in [-0.2, -0.15) is 0 Å². The molecule has 3 rings (SSSR count). The minimum atomic E-state index is -0.924. The van der Waals surface area contributed by atoms with E-state index in [9.17, 15) is 4.79 Å². The molecule has 0 bridgehead atoms. The minimum Gasteiger partial charge on any atom is -0.478 e. The molecule has 0 amide bonds. The van der Waals surface area contributed by atoms with Crippen LogP contribution in [0.3, 0.4) is 0 Å². The lowest BCUT2D eigenvalue weighted by atomic mass is 9.93. The van der Waals surface area contributed by atoms with Crippen molar-refractivity contribution >= 4 is 22.4 Å². The lowest BCUT2D eigenvalue weighted by molar-refractivity contribution is 0.0697. The van der Waals surface area contributed by atoms with Gasteiger partial charge < -0.3 is 5.11 Å². The molecule has 3 heteroatoms. The van der Waals surface area contributed by atoms with Crippen LogP contribution in [-0.4, -0.2) is 16.1 Å². The second-order valence-electron chi connectivity index (χ2n) is 5.17. The van der Waals surface area contributed by atoms with Gasteiger partial charge in [0.25, 0.3) is 0 Å². The number of carboxylic acid groups (broad SMARTS) is 1. The Morgan fingerprint density at radius 2 is 2.10 bits per heavy atom. The quantitative estimate of drug-likeness (QED) is 0.895. The van der Waals surface area contributed by atoms with Crippen molar-refractivity contribution < 1.29 is 9.90 Å². The lowest BCUT2D eigenvalue weighted by Crippen LogP contribution is -2.00. The molecular formula is C17H15NO2. The van der Waals surface area contributed by atoms with E-state index in [4.69, 9.17) is 5.11 Å². The first-order valence-electron chi connectivity index (χ1n) is 6.65. The van der Waals surface area contributed by atoms with Gasteiger partial charge in [-0.1, -0.05) is 37.3 Å². The number of benzene rings is 1. The molecule has 1 aliphatic carbocycles. The van der Waals surface area contributed by atoms with E-state index in [0.717, 1.165) is 23.0 Å². The molecule has 0 aliphatic heterocycles. The summed E-state index contributed by atoms with van der Waals surface area (Å²) in [5.41, 5.74) is 3.12. The van der Waals surface area contributed by atoms with Crippen molar-refractivity contribution in [1.29, 1.82) is 0 Å². The lowest BCUT2D eigenvalue weighted by Gasteiger charge is -2.14. The monoisotopic (exact) mass is 265 g/mol. The van der Waals surface area contributed by atoms with Crippen LogP contribution in [-0.2, 0) is 0 Å². The predicted molar refractivity (Wildman–Crippen MR) is 79.6 cm³/mol. The molecule has 1 atom stereocenters. The number of hydrogen-bond donors (Lipinski definition) is 1. The number of rotatable bonds is 2. The fourth-order valence-corrected chi connectivity index (χ4v) is 2.46. The highest BCUT2D eigenvalue weighted by atomic mass is 16.4. The SMILES string of the molecule is CC1C=CC=C(c2ccc3ccc(C(=O)O)cc3n2)C1. The first-order chi connectivity index (χ1) is 9.63. The number of hydrogen-bond acceptors (Lipinski definition) is 2. The highest BCUT2D eigenvalue weighted by molar-refractivity contribution is 5.93. The van der Waals surface area contributed by atoms with E-state index in [1.54, 1.807) is 18.2 Å². The van der Waals surface area contributed by atoms with Crippen molar-refractivity contribution in [3.8, 4) is 0 Å². The van der Waals surface area contributed by atoms with Gasteiger partial charge in [-0.05, 0) is 36.1 Å². The number of nitrogens with zero attached hydrogens (tertiary/aromatic N) is 1. The van der Waals surface area contributed by atoms with Crippen molar-refractivity contribution in [2.75, 3.05) is 0 Å². The summed E-state index contributed by atoms with van der Waals surface area (Å²) in [7, 11) is 0. The molecule has 1 aromatic heterocycles. The molecule has 2 aromatic rings. The topological polar surface area (TPSA) is 50.2 Å². The highest BCUT2D eigenvalue weighted by Crippen LogP contribution is 2.27. The standard InChI is InChI=1S/C17H15NO2/c1-11-3-2-4-13(9-11)15-8-7-12-5-6-14(17(19)20)10-16(12)18-15/h2-8,10-11H,9H2,1H3,(H,19,20). The highest BCUT2D eigenvalue weighted by Gasteiger charge is 2.11. The van der Waals surface area contributed by atoms with Crippen LogP contribution >= 0.6 is 0 Å². The molecule has 1 unspecified atom stereocenters. The number of aromatic nitrogens is 1. The van der Waals surface area contributed by atoms with Crippen LogP contribution < -0.4 is 0 Å². The predicted octanol–water partition coefficient (Wildman–Crippen LogP) is 3.91. The van der Waals surface area contributed by atoms with Gasteiger partial charge in [-0.3, -0.25) is 0 Å². The zero-order valence-electron chi connectivity index (χ0n) is 11.2. The summed E-state index contributed by atoms with van der Waals surface area (Å²) in [6, 6.07) is 9.03. The first kappa shape index (κ1) is 12.6. The largest absolute Gasteiger partial charge is 0.478 e. The van der Waals surface area contributed by atoms with E-state index in [2.05, 4.69) is 30.1 Å². The molecule has 0 saturated heterocycles. The number of carboxylic acids is 1. The molecule has 0 saturated carbocycles. The van der Waals surface area contributed by atoms with Crippen LogP contribution in [0.15, 0.2) is 48.6 Å². The van der Waals surface area contributed by atoms with E-state index < -0.39 is 5.97 Å². The van der Waals surface area contributed by atoms with Crippen LogP contribution in [0.5, 0.6) is 0 Å². The molecule has 20 heavy (non-hydrogen) atoms. The van der Waals surface area contributed by atoms with Crippen LogP contribution in [0.2, 0.25) is 0 Å². The molecule has 1 aliphatic rings. The second-order valence-corrected chi connectivity index (χ2v) is 5.17. The maximum atomic E-state index is 11.0. The van der Waals surface area contributed by atoms with Gasteiger partial charge in [0.1, 0.15) is 0 Å². The number of pyridine rings is 1. The molecule has 1 heterocycles. The Balaban J connectivity index is 2.07. The van der Waals surface area contributed by atoms with Crippen molar-refractivity contribution in [1.82, 2.24) is 4.98 Å². The zero-order chi connectivity index (χ0) is 14.1. The first-order valence-corrected chi connectivity index (χ1v) is 6.65. The Morgan fingerprint density at radius 1 is 1.30 bits per heavy atom. The summed E-state index contributed by atoms with van der Waals surface area (Å²) in [5.74, 6) is -0.412. The third-order valence-corrected chi connectivity index (χ3v) is 3.55. The molecule has 3 nitrogen and oxygen atoms in total. The van der Waals surface area contributed by atoms with Gasteiger partial charge in [0, 0.05) is 5.39 Å². The average Bonchev–Trinajstić information content (AvgIpc) is 2.46. The van der Waals surface area contributed by atoms with Gasteiger partial charge in [0.2, 0.25) is 0 Å². The number of allylic oxidation sites excluding steroid dienone is 4. The van der Waals surface area contributed by atoms with E-state index in [1.165, 1.54) is 5.57 Å². The summed E-state index contributed by atoms with van der Waals surface area (Å²) >= 11 is 0. The average molecular weight is 265 g/mol. The van der Waals surface area contributed by atoms with Gasteiger partial charge in [-0.15, -0.1) is 0 Å². The maximum absolute atomic E-state index is 11.0. The molecule has 100 valence electrons. The summed E-state index contributed by atoms with van der Waals surface area (Å²) in [4.78, 5) is 15.6. The van der Waals surface area contributed by atoms with E-state index in [1.807, 2.05) is 12.1 Å². The van der Waals surface area contributed by atoms with Crippen LogP contribution in [0.1, 0.15) is 29.4 Å². The van der Waals surface area contributed by atoms with Crippen molar-refractivity contribution in [2.24, 2.45) is 5.92 Å². The molecule has 0 spiro atoms. The van der Waals surface area contributed by atoms with E-state index >= 15 is 0 Å². The summed E-state index contributed by atoms with van der Waals surface area (Å²) in [6.07, 6.45) is 7.28. The molecule has 1 N–H and O–H groups in total. The molecule has 0 radical (unpaired) electrons. The fourth-order valence-electron chi connectivity index (χ4n) is 2.46. The fraction of sp³-hybridized carbons (Fsp3) is 0.176. The third-order valence-electron chi connectivity index (χ3n) is 3.55. The Labute approximate surface area is 117 Å². The second kappa shape index (κ2) is 4.93. The maximum Gasteiger partial charge on any atom is 0.335 e. The van der Waals surface area contributed by atoms with Gasteiger partial charge in [0.15, 0.2) is 0 Å². The van der Waals surface area contributed by atoms with Crippen molar-refractivity contribution in [3.63, 3.8) is 0 Å². The van der Waals surface area contributed by atoms with E-state index in [-0.39, 0.29) is 5.56 Å². The van der Waals surface area contributed by atoms with Crippen molar-refractivity contribution in [3.05, 3.63) is 59.8 Å². The third kappa shape index (κ3) is 2.35. The summed E-state index contributed by atoms with van der Waals surface area (Å²) < 4.78 is 0. The molecule has 1 aromatic carbocycles. The zero-order valence-corrected chi connectivity index (χ0v) is 11.2. The van der Waals surface area contributed by atoms with E-state index in [0.29, 0.717) is 5.92 Å². The van der Waals surface area contributed by atoms with Gasteiger partial charge in [-0.25, -0.2) is 9.78 Å². The Hall–Kier alpha value is -2.42. The normalized spacial score (nSPS) is 18.1. The molecular weight excluding hydrogens is 250 g/mol. The number of aromatic carboxylic acids is 1. The number of carbonyl (C=O) groups is 1. The number of fused-ring (bicyclic) bond motifs is 1. The van der Waals surface area contributed by atoms with Crippen molar-refractivity contribution in [2.45, 2.75) is 13.3 Å². The van der Waals surface area contributed by atoms with Crippen LogP contribution in [0.25, 0.3) is 16.5 Å². The smallest absolute Gasteiger partial charge is 0.335 e. The van der Waals surface area contributed by atoms with Gasteiger partial charge in [0.05, 0.1) is 16.8 Å². The summed E-state index contributed by atoms with van der Waals surface area (Å²) in [5, 5.41) is 10.0. The Morgan fingerprint density at radius 3 is 2.85 bits per heavy atom. The van der Waals surface area contributed by atoms with Gasteiger partial charge >= 0.3 is 5.97 Å². The molecule has 0 fully saturated rings. The Bertz CT molecular complexity index is 744. The van der Waals surface area contributed by atoms with Crippen LogP contribution in [0.4, 0.5) is 0 Å². The minimum absolute atomic E-state index is 0.271. The summed E-state index contributed by atoms with van der Waals surface area (Å²) in [6.45, 7) is 2.17.